The van der Waals surface area contributed by atoms with E-state index in [-0.39, 0.29) is 11.7 Å². The summed E-state index contributed by atoms with van der Waals surface area (Å²) < 4.78 is 1.73. The van der Waals surface area contributed by atoms with E-state index >= 15 is 0 Å². The zero-order valence-electron chi connectivity index (χ0n) is 10.2. The van der Waals surface area contributed by atoms with Gasteiger partial charge in [-0.15, -0.1) is 5.10 Å². The van der Waals surface area contributed by atoms with Gasteiger partial charge in [-0.3, -0.25) is 4.57 Å². The van der Waals surface area contributed by atoms with Crippen molar-refractivity contribution in [1.82, 2.24) is 14.8 Å². The topological polar surface area (TPSA) is 50.7 Å². The van der Waals surface area contributed by atoms with Gasteiger partial charge in [-0.1, -0.05) is 34.1 Å². The van der Waals surface area contributed by atoms with E-state index in [9.17, 15) is 4.79 Å². The highest BCUT2D eigenvalue weighted by molar-refractivity contribution is 9.09. The quantitative estimate of drug-likeness (QED) is 0.670. The van der Waals surface area contributed by atoms with Crippen LogP contribution >= 0.6 is 27.7 Å². The molecule has 1 aliphatic rings. The molecule has 2 rings (SSSR count). The van der Waals surface area contributed by atoms with Crippen LogP contribution in [-0.2, 0) is 0 Å². The maximum absolute atomic E-state index is 11.6. The Labute approximate surface area is 114 Å². The van der Waals surface area contributed by atoms with Crippen LogP contribution in [0.1, 0.15) is 39.2 Å². The lowest BCUT2D eigenvalue weighted by Crippen LogP contribution is -2.33. The summed E-state index contributed by atoms with van der Waals surface area (Å²) in [6.07, 6.45) is 3.88. The molecule has 0 aromatic carbocycles. The summed E-state index contributed by atoms with van der Waals surface area (Å²) in [5.74, 6) is 1.04. The highest BCUT2D eigenvalue weighted by Crippen LogP contribution is 2.45. The van der Waals surface area contributed by atoms with E-state index in [1.54, 1.807) is 16.3 Å². The van der Waals surface area contributed by atoms with E-state index in [2.05, 4.69) is 26.1 Å². The van der Waals surface area contributed by atoms with Gasteiger partial charge in [-0.05, 0) is 32.1 Å². The van der Waals surface area contributed by atoms with Crippen molar-refractivity contribution in [2.45, 2.75) is 44.3 Å². The minimum absolute atomic E-state index is 0.107. The van der Waals surface area contributed by atoms with Gasteiger partial charge < -0.3 is 0 Å². The van der Waals surface area contributed by atoms with Gasteiger partial charge in [0.25, 0.3) is 0 Å². The molecule has 0 spiro atoms. The molecule has 1 fully saturated rings. The molecular weight excluding hydrogens is 302 g/mol. The number of hydrogen-bond acceptors (Lipinski definition) is 3. The fraction of sp³-hybridized carbons (Fsp3) is 0.818. The molecule has 0 aliphatic heterocycles. The van der Waals surface area contributed by atoms with Crippen molar-refractivity contribution in [3.8, 4) is 0 Å². The third-order valence-corrected chi connectivity index (χ3v) is 5.89. The lowest BCUT2D eigenvalue weighted by molar-refractivity contribution is 0.206. The van der Waals surface area contributed by atoms with Crippen LogP contribution in [0.2, 0.25) is 0 Å². The Morgan fingerprint density at radius 3 is 2.76 bits per heavy atom. The third-order valence-electron chi connectivity index (χ3n) is 3.39. The Hall–Kier alpha value is -0.230. The number of halogens is 1. The first-order valence-electron chi connectivity index (χ1n) is 5.94. The molecule has 1 aliphatic carbocycles. The molecule has 0 bridgehead atoms. The van der Waals surface area contributed by atoms with E-state index in [4.69, 9.17) is 0 Å². The fourth-order valence-corrected chi connectivity index (χ4v) is 4.45. The standard InChI is InChI=1S/C11H18BrN3OS/c1-8(2)15-9(16)13-14-10(15)17-7-11(6-12)4-3-5-11/h8H,3-7H2,1-2H3,(H,13,16). The molecule has 1 heterocycles. The number of hydrogen-bond donors (Lipinski definition) is 1. The van der Waals surface area contributed by atoms with Crippen LogP contribution in [0.4, 0.5) is 0 Å². The molecule has 0 radical (unpaired) electrons. The van der Waals surface area contributed by atoms with E-state index in [0.717, 1.165) is 16.2 Å². The minimum Gasteiger partial charge on any atom is -0.268 e. The molecule has 17 heavy (non-hydrogen) atoms. The van der Waals surface area contributed by atoms with Gasteiger partial charge in [0, 0.05) is 17.1 Å². The smallest absolute Gasteiger partial charge is 0.268 e. The Bertz CT molecular complexity index is 431. The lowest BCUT2D eigenvalue weighted by atomic mass is 9.72. The fourth-order valence-electron chi connectivity index (χ4n) is 2.06. The molecular formula is C11H18BrN3OS. The van der Waals surface area contributed by atoms with E-state index in [1.165, 1.54) is 19.3 Å². The second-order valence-corrected chi connectivity index (χ2v) is 6.55. The molecule has 1 N–H and O–H groups in total. The molecule has 0 unspecified atom stereocenters. The van der Waals surface area contributed by atoms with Crippen LogP contribution in [0.25, 0.3) is 0 Å². The van der Waals surface area contributed by atoms with Gasteiger partial charge in [0.2, 0.25) is 0 Å². The summed E-state index contributed by atoms with van der Waals surface area (Å²) in [5, 5.41) is 8.50. The molecule has 0 amide bonds. The summed E-state index contributed by atoms with van der Waals surface area (Å²) >= 11 is 5.29. The number of H-pyrrole nitrogens is 1. The Morgan fingerprint density at radius 1 is 1.59 bits per heavy atom. The van der Waals surface area contributed by atoms with Gasteiger partial charge in [-0.25, -0.2) is 9.89 Å². The van der Waals surface area contributed by atoms with Gasteiger partial charge >= 0.3 is 5.69 Å². The molecule has 0 saturated heterocycles. The van der Waals surface area contributed by atoms with Crippen molar-refractivity contribution in [1.29, 1.82) is 0 Å². The summed E-state index contributed by atoms with van der Waals surface area (Å²) in [6, 6.07) is 0.157. The monoisotopic (exact) mass is 319 g/mol. The summed E-state index contributed by atoms with van der Waals surface area (Å²) in [7, 11) is 0. The van der Waals surface area contributed by atoms with Crippen LogP contribution in [0.3, 0.4) is 0 Å². The van der Waals surface area contributed by atoms with Crippen LogP contribution in [0, 0.1) is 5.41 Å². The predicted molar refractivity (Wildman–Crippen MR) is 74.0 cm³/mol. The molecule has 1 saturated carbocycles. The molecule has 6 heteroatoms. The summed E-state index contributed by atoms with van der Waals surface area (Å²) in [5.41, 5.74) is 0.311. The number of nitrogens with zero attached hydrogens (tertiary/aromatic N) is 2. The van der Waals surface area contributed by atoms with Crippen LogP contribution in [0.5, 0.6) is 0 Å². The van der Waals surface area contributed by atoms with Crippen molar-refractivity contribution in [2.24, 2.45) is 5.41 Å². The molecule has 1 aromatic heterocycles. The second kappa shape index (κ2) is 5.18. The summed E-state index contributed by atoms with van der Waals surface area (Å²) in [4.78, 5) is 11.6. The number of thioether (sulfide) groups is 1. The Kier molecular flexibility index (Phi) is 4.02. The van der Waals surface area contributed by atoms with Crippen molar-refractivity contribution in [3.05, 3.63) is 10.5 Å². The maximum atomic E-state index is 11.6. The first-order valence-corrected chi connectivity index (χ1v) is 8.04. The van der Waals surface area contributed by atoms with Gasteiger partial charge in [-0.2, -0.15) is 0 Å². The second-order valence-electron chi connectivity index (χ2n) is 5.05. The molecule has 96 valence electrons. The number of nitrogens with one attached hydrogen (secondary N) is 1. The summed E-state index contributed by atoms with van der Waals surface area (Å²) in [6.45, 7) is 4.01. The Balaban J connectivity index is 2.06. The number of alkyl halides is 1. The maximum Gasteiger partial charge on any atom is 0.344 e. The largest absolute Gasteiger partial charge is 0.344 e. The zero-order valence-corrected chi connectivity index (χ0v) is 12.6. The normalized spacial score (nSPS) is 18.4. The van der Waals surface area contributed by atoms with E-state index < -0.39 is 0 Å². The third kappa shape index (κ3) is 2.62. The van der Waals surface area contributed by atoms with Gasteiger partial charge in [0.15, 0.2) is 5.16 Å². The number of aromatic nitrogens is 3. The SMILES string of the molecule is CC(C)n1c(SCC2(CBr)CCC2)n[nH]c1=O. The zero-order chi connectivity index (χ0) is 12.5. The van der Waals surface area contributed by atoms with Crippen LogP contribution in [-0.4, -0.2) is 25.8 Å². The van der Waals surface area contributed by atoms with Crippen LogP contribution < -0.4 is 5.69 Å². The lowest BCUT2D eigenvalue weighted by Gasteiger charge is -2.40. The van der Waals surface area contributed by atoms with Gasteiger partial charge in [0.1, 0.15) is 0 Å². The van der Waals surface area contributed by atoms with Crippen molar-refractivity contribution in [2.75, 3.05) is 11.1 Å². The molecule has 0 atom stereocenters. The van der Waals surface area contributed by atoms with E-state index in [0.29, 0.717) is 5.41 Å². The highest BCUT2D eigenvalue weighted by Gasteiger charge is 2.36. The van der Waals surface area contributed by atoms with E-state index in [1.807, 2.05) is 13.8 Å². The van der Waals surface area contributed by atoms with Crippen molar-refractivity contribution >= 4 is 27.7 Å². The highest BCUT2D eigenvalue weighted by atomic mass is 79.9. The van der Waals surface area contributed by atoms with Gasteiger partial charge in [0.05, 0.1) is 0 Å². The minimum atomic E-state index is -0.107. The number of rotatable bonds is 5. The number of aromatic amines is 1. The first kappa shape index (κ1) is 13.2. The molecule has 4 nitrogen and oxygen atoms in total. The Morgan fingerprint density at radius 2 is 2.29 bits per heavy atom. The predicted octanol–water partition coefficient (Wildman–Crippen LogP) is 2.81. The van der Waals surface area contributed by atoms with Crippen molar-refractivity contribution < 1.29 is 0 Å². The first-order chi connectivity index (χ1) is 8.08. The van der Waals surface area contributed by atoms with Crippen molar-refractivity contribution in [3.63, 3.8) is 0 Å². The molecule has 1 aromatic rings. The van der Waals surface area contributed by atoms with Crippen LogP contribution in [0.15, 0.2) is 9.95 Å². The average molecular weight is 320 g/mol. The average Bonchev–Trinajstić information content (AvgIpc) is 2.59.